The first-order valence-corrected chi connectivity index (χ1v) is 9.22. The minimum atomic E-state index is -3.55. The molecule has 25 heavy (non-hydrogen) atoms. The lowest BCUT2D eigenvalue weighted by molar-refractivity contribution is 0.414. The molecule has 0 aliphatic rings. The summed E-state index contributed by atoms with van der Waals surface area (Å²) in [5.74, 6) is 0.618. The third-order valence-electron chi connectivity index (χ3n) is 3.78. The molecule has 0 bridgehead atoms. The summed E-state index contributed by atoms with van der Waals surface area (Å²) in [5, 5.41) is 0. The van der Waals surface area contributed by atoms with Crippen LogP contribution in [0.5, 0.6) is 5.75 Å². The molecule has 0 aliphatic carbocycles. The summed E-state index contributed by atoms with van der Waals surface area (Å²) in [7, 11) is -2.01. The van der Waals surface area contributed by atoms with Gasteiger partial charge in [-0.15, -0.1) is 0 Å². The van der Waals surface area contributed by atoms with Gasteiger partial charge in [-0.05, 0) is 35.4 Å². The maximum atomic E-state index is 12.3. The van der Waals surface area contributed by atoms with Gasteiger partial charge in [0.2, 0.25) is 10.0 Å². The van der Waals surface area contributed by atoms with Crippen LogP contribution in [-0.2, 0) is 23.1 Å². The number of nitrogens with one attached hydrogen (secondary N) is 1. The number of sulfonamides is 1. The fourth-order valence-electron chi connectivity index (χ4n) is 2.37. The molecular formula is C18H19N3O3S. The Morgan fingerprint density at radius 3 is 2.32 bits per heavy atom. The van der Waals surface area contributed by atoms with E-state index in [1.165, 1.54) is 19.2 Å². The zero-order valence-corrected chi connectivity index (χ0v) is 14.6. The number of ether oxygens (including phenoxy) is 1. The smallest absolute Gasteiger partial charge is 0.240 e. The summed E-state index contributed by atoms with van der Waals surface area (Å²) in [4.78, 5) is 4.22. The highest BCUT2D eigenvalue weighted by Gasteiger charge is 2.13. The molecule has 7 heteroatoms. The number of nitrogens with zero attached hydrogens (tertiary/aromatic N) is 2. The first kappa shape index (κ1) is 17.2. The van der Waals surface area contributed by atoms with Gasteiger partial charge in [0.25, 0.3) is 0 Å². The van der Waals surface area contributed by atoms with Crippen molar-refractivity contribution in [1.82, 2.24) is 14.3 Å². The van der Waals surface area contributed by atoms with Crippen molar-refractivity contribution in [3.05, 3.63) is 78.4 Å². The number of hydrogen-bond acceptors (Lipinski definition) is 4. The summed E-state index contributed by atoms with van der Waals surface area (Å²) < 4.78 is 34.3. The number of benzene rings is 2. The largest absolute Gasteiger partial charge is 0.497 e. The zero-order chi connectivity index (χ0) is 17.7. The van der Waals surface area contributed by atoms with Crippen LogP contribution in [-0.4, -0.2) is 25.1 Å². The number of aromatic nitrogens is 2. The monoisotopic (exact) mass is 357 g/mol. The first-order valence-electron chi connectivity index (χ1n) is 7.74. The van der Waals surface area contributed by atoms with Crippen LogP contribution >= 0.6 is 0 Å². The summed E-state index contributed by atoms with van der Waals surface area (Å²) in [6, 6.07) is 14.1. The van der Waals surface area contributed by atoms with E-state index < -0.39 is 10.0 Å². The second-order valence-electron chi connectivity index (χ2n) is 5.55. The second-order valence-corrected chi connectivity index (χ2v) is 7.32. The predicted molar refractivity (Wildman–Crippen MR) is 94.8 cm³/mol. The number of hydrogen-bond donors (Lipinski definition) is 1. The Balaban J connectivity index is 1.62. The average Bonchev–Trinajstić information content (AvgIpc) is 3.14. The van der Waals surface area contributed by atoms with E-state index in [-0.39, 0.29) is 11.4 Å². The summed E-state index contributed by atoms with van der Waals surface area (Å²) in [6.07, 6.45) is 5.40. The molecule has 3 rings (SSSR count). The lowest BCUT2D eigenvalue weighted by Gasteiger charge is -2.09. The minimum absolute atomic E-state index is 0.213. The molecule has 2 aromatic carbocycles. The highest BCUT2D eigenvalue weighted by molar-refractivity contribution is 7.89. The van der Waals surface area contributed by atoms with E-state index in [0.717, 1.165) is 17.7 Å². The minimum Gasteiger partial charge on any atom is -0.497 e. The Morgan fingerprint density at radius 1 is 1.04 bits per heavy atom. The fourth-order valence-corrected chi connectivity index (χ4v) is 3.39. The van der Waals surface area contributed by atoms with E-state index in [0.29, 0.717) is 5.75 Å². The van der Waals surface area contributed by atoms with Gasteiger partial charge in [-0.2, -0.15) is 0 Å². The molecule has 130 valence electrons. The first-order chi connectivity index (χ1) is 12.1. The average molecular weight is 357 g/mol. The molecule has 3 aromatic rings. The van der Waals surface area contributed by atoms with Gasteiger partial charge in [-0.1, -0.05) is 24.3 Å². The molecule has 0 aliphatic heterocycles. The number of rotatable bonds is 7. The van der Waals surface area contributed by atoms with Crippen molar-refractivity contribution in [3.63, 3.8) is 0 Å². The van der Waals surface area contributed by atoms with Crippen LogP contribution in [0.1, 0.15) is 11.1 Å². The normalized spacial score (nSPS) is 11.4. The predicted octanol–water partition coefficient (Wildman–Crippen LogP) is 2.42. The molecule has 1 heterocycles. The summed E-state index contributed by atoms with van der Waals surface area (Å²) >= 11 is 0. The second kappa shape index (κ2) is 7.50. The molecule has 0 saturated heterocycles. The van der Waals surface area contributed by atoms with Crippen LogP contribution in [0, 0.1) is 0 Å². The van der Waals surface area contributed by atoms with Crippen LogP contribution in [0.3, 0.4) is 0 Å². The lowest BCUT2D eigenvalue weighted by atomic mass is 10.1. The van der Waals surface area contributed by atoms with Crippen molar-refractivity contribution < 1.29 is 13.2 Å². The molecule has 0 atom stereocenters. The maximum absolute atomic E-state index is 12.3. The number of imidazole rings is 1. The Morgan fingerprint density at radius 2 is 1.72 bits per heavy atom. The third-order valence-corrected chi connectivity index (χ3v) is 5.20. The summed E-state index contributed by atoms with van der Waals surface area (Å²) in [5.41, 5.74) is 2.02. The lowest BCUT2D eigenvalue weighted by Crippen LogP contribution is -2.23. The Bertz CT molecular complexity index is 903. The Labute approximate surface area is 147 Å². The van der Waals surface area contributed by atoms with E-state index in [9.17, 15) is 8.42 Å². The Hall–Kier alpha value is -2.64. The van der Waals surface area contributed by atoms with Gasteiger partial charge in [0.1, 0.15) is 5.75 Å². The van der Waals surface area contributed by atoms with Crippen LogP contribution in [0.25, 0.3) is 0 Å². The molecule has 1 aromatic heterocycles. The standard InChI is InChI=1S/C18H19N3O3S/c1-24-17-6-8-18(9-7-17)25(22,23)20-12-15-2-4-16(5-3-15)13-21-11-10-19-14-21/h2-11,14,20H,12-13H2,1H3. The van der Waals surface area contributed by atoms with Gasteiger partial charge < -0.3 is 9.30 Å². The van der Waals surface area contributed by atoms with Gasteiger partial charge in [0.05, 0.1) is 18.3 Å². The quantitative estimate of drug-likeness (QED) is 0.705. The molecule has 0 fully saturated rings. The molecule has 6 nitrogen and oxygen atoms in total. The topological polar surface area (TPSA) is 73.2 Å². The molecule has 0 saturated carbocycles. The van der Waals surface area contributed by atoms with E-state index in [1.54, 1.807) is 24.7 Å². The molecule has 0 radical (unpaired) electrons. The van der Waals surface area contributed by atoms with Crippen molar-refractivity contribution in [2.75, 3.05) is 7.11 Å². The molecule has 1 N–H and O–H groups in total. The highest BCUT2D eigenvalue weighted by Crippen LogP contribution is 2.16. The molecule has 0 spiro atoms. The van der Waals surface area contributed by atoms with Crippen molar-refractivity contribution in [3.8, 4) is 5.75 Å². The highest BCUT2D eigenvalue weighted by atomic mass is 32.2. The van der Waals surface area contributed by atoms with Crippen molar-refractivity contribution in [1.29, 1.82) is 0 Å². The van der Waals surface area contributed by atoms with E-state index >= 15 is 0 Å². The third kappa shape index (κ3) is 4.46. The van der Waals surface area contributed by atoms with E-state index in [4.69, 9.17) is 4.74 Å². The van der Waals surface area contributed by atoms with E-state index in [2.05, 4.69) is 9.71 Å². The summed E-state index contributed by atoms with van der Waals surface area (Å²) in [6.45, 7) is 0.970. The van der Waals surface area contributed by atoms with E-state index in [1.807, 2.05) is 35.0 Å². The van der Waals surface area contributed by atoms with Crippen LogP contribution < -0.4 is 9.46 Å². The fraction of sp³-hybridized carbons (Fsp3) is 0.167. The van der Waals surface area contributed by atoms with Crippen molar-refractivity contribution in [2.45, 2.75) is 18.0 Å². The molecule has 0 unspecified atom stereocenters. The SMILES string of the molecule is COc1ccc(S(=O)(=O)NCc2ccc(Cn3ccnc3)cc2)cc1. The van der Waals surface area contributed by atoms with Crippen LogP contribution in [0.15, 0.2) is 72.1 Å². The van der Waals surface area contributed by atoms with Gasteiger partial charge in [-0.25, -0.2) is 18.1 Å². The van der Waals surface area contributed by atoms with Crippen molar-refractivity contribution in [2.24, 2.45) is 0 Å². The van der Waals surface area contributed by atoms with Gasteiger partial charge >= 0.3 is 0 Å². The molecular weight excluding hydrogens is 338 g/mol. The Kier molecular flexibility index (Phi) is 5.16. The maximum Gasteiger partial charge on any atom is 0.240 e. The van der Waals surface area contributed by atoms with Crippen LogP contribution in [0.4, 0.5) is 0 Å². The van der Waals surface area contributed by atoms with Crippen molar-refractivity contribution >= 4 is 10.0 Å². The van der Waals surface area contributed by atoms with Crippen LogP contribution in [0.2, 0.25) is 0 Å². The number of methoxy groups -OCH3 is 1. The van der Waals surface area contributed by atoms with Gasteiger partial charge in [0, 0.05) is 25.5 Å². The van der Waals surface area contributed by atoms with Gasteiger partial charge in [-0.3, -0.25) is 0 Å². The molecule has 0 amide bonds. The zero-order valence-electron chi connectivity index (χ0n) is 13.8. The van der Waals surface area contributed by atoms with Gasteiger partial charge in [0.15, 0.2) is 0 Å².